The number of rotatable bonds is 2. The molecule has 1 saturated carbocycles. The van der Waals surface area contributed by atoms with Crippen LogP contribution in [0.5, 0.6) is 0 Å². The summed E-state index contributed by atoms with van der Waals surface area (Å²) in [5.41, 5.74) is 7.57. The molecule has 1 aliphatic carbocycles. The third-order valence-electron chi connectivity index (χ3n) is 1.28. The van der Waals surface area contributed by atoms with Crippen molar-refractivity contribution in [3.8, 4) is 0 Å². The molecule has 0 spiro atoms. The summed E-state index contributed by atoms with van der Waals surface area (Å²) >= 11 is 0. The van der Waals surface area contributed by atoms with E-state index in [9.17, 15) is 0 Å². The van der Waals surface area contributed by atoms with Gasteiger partial charge in [-0.05, 0) is 30.9 Å². The van der Waals surface area contributed by atoms with E-state index < -0.39 is 0 Å². The zero-order chi connectivity index (χ0) is 6.53. The zero-order valence-electron chi connectivity index (χ0n) is 5.91. The van der Waals surface area contributed by atoms with E-state index >= 15 is 0 Å². The molecule has 48 valence electrons. The van der Waals surface area contributed by atoms with Gasteiger partial charge in [0.05, 0.1) is 0 Å². The second-order valence-electron chi connectivity index (χ2n) is 2.37. The molecule has 0 nitrogen and oxygen atoms in total. The van der Waals surface area contributed by atoms with E-state index in [0.717, 1.165) is 6.42 Å². The minimum absolute atomic E-state index is 1.14. The maximum absolute atomic E-state index is 3.10. The van der Waals surface area contributed by atoms with Crippen LogP contribution in [0.1, 0.15) is 32.6 Å². The average Bonchev–Trinajstić information content (AvgIpc) is 2.63. The van der Waals surface area contributed by atoms with Gasteiger partial charge in [-0.1, -0.05) is 24.8 Å². The van der Waals surface area contributed by atoms with E-state index in [0.29, 0.717) is 0 Å². The summed E-state index contributed by atoms with van der Waals surface area (Å²) in [6.07, 6.45) is 6.93. The van der Waals surface area contributed by atoms with Crippen molar-refractivity contribution in [3.05, 3.63) is 23.1 Å². The highest BCUT2D eigenvalue weighted by atomic mass is 14.1. The van der Waals surface area contributed by atoms with Gasteiger partial charge in [0.1, 0.15) is 0 Å². The number of hydrogen-bond acceptors (Lipinski definition) is 0. The van der Waals surface area contributed by atoms with Gasteiger partial charge in [0.15, 0.2) is 0 Å². The Hall–Kier alpha value is -0.700. The van der Waals surface area contributed by atoms with Gasteiger partial charge in [-0.3, -0.25) is 0 Å². The van der Waals surface area contributed by atoms with Crippen molar-refractivity contribution in [2.75, 3.05) is 0 Å². The van der Waals surface area contributed by atoms with Crippen molar-refractivity contribution < 1.29 is 0 Å². The maximum Gasteiger partial charge on any atom is -0.0192 e. The van der Waals surface area contributed by atoms with Crippen LogP contribution in [0.15, 0.2) is 23.1 Å². The Labute approximate surface area is 56.6 Å². The Morgan fingerprint density at radius 2 is 2.33 bits per heavy atom. The van der Waals surface area contributed by atoms with E-state index in [2.05, 4.69) is 24.5 Å². The van der Waals surface area contributed by atoms with E-state index in [1.807, 2.05) is 0 Å². The molecule has 0 saturated heterocycles. The van der Waals surface area contributed by atoms with Crippen molar-refractivity contribution in [2.24, 2.45) is 0 Å². The zero-order valence-corrected chi connectivity index (χ0v) is 5.91. The van der Waals surface area contributed by atoms with Crippen molar-refractivity contribution in [3.63, 3.8) is 0 Å². The van der Waals surface area contributed by atoms with Crippen LogP contribution in [-0.4, -0.2) is 0 Å². The van der Waals surface area contributed by atoms with Crippen LogP contribution in [0.2, 0.25) is 0 Å². The van der Waals surface area contributed by atoms with Gasteiger partial charge in [-0.2, -0.15) is 0 Å². The molecule has 0 heteroatoms. The monoisotopic (exact) mass is 120 g/mol. The van der Waals surface area contributed by atoms with Crippen LogP contribution in [-0.2, 0) is 0 Å². The van der Waals surface area contributed by atoms with Crippen LogP contribution < -0.4 is 0 Å². The van der Waals surface area contributed by atoms with Gasteiger partial charge in [0.25, 0.3) is 0 Å². The Morgan fingerprint density at radius 3 is 2.89 bits per heavy atom. The van der Waals surface area contributed by atoms with Gasteiger partial charge >= 0.3 is 0 Å². The van der Waals surface area contributed by atoms with E-state index in [1.54, 1.807) is 0 Å². The predicted molar refractivity (Wildman–Crippen MR) is 39.3 cm³/mol. The van der Waals surface area contributed by atoms with E-state index in [-0.39, 0.29) is 0 Å². The number of allylic oxidation sites excluding steroid dienone is 2. The average molecular weight is 120 g/mol. The first kappa shape index (κ1) is 6.42. The molecule has 0 N–H and O–H groups in total. The molecule has 1 rings (SSSR count). The van der Waals surface area contributed by atoms with Gasteiger partial charge in [0, 0.05) is 0 Å². The minimum Gasteiger partial charge on any atom is -0.0747 e. The summed E-state index contributed by atoms with van der Waals surface area (Å²) in [5, 5.41) is 0. The smallest absolute Gasteiger partial charge is 0.0192 e. The van der Waals surface area contributed by atoms with E-state index in [4.69, 9.17) is 0 Å². The molecule has 0 unspecified atom stereocenters. The highest BCUT2D eigenvalue weighted by Gasteiger charge is 2.08. The summed E-state index contributed by atoms with van der Waals surface area (Å²) in [6.45, 7) is 2.17. The summed E-state index contributed by atoms with van der Waals surface area (Å²) < 4.78 is 0. The van der Waals surface area contributed by atoms with Crippen molar-refractivity contribution in [2.45, 2.75) is 32.6 Å². The molecule has 0 bridgehead atoms. The molecule has 0 radical (unpaired) electrons. The minimum atomic E-state index is 1.14. The Morgan fingerprint density at radius 1 is 1.56 bits per heavy atom. The standard InChI is InChI=1S/C9H12/c1-2-3-4-5-6-9-7-8-9/h4H,2-3,7-8H2,1H3. The normalized spacial score (nSPS) is 14.1. The highest BCUT2D eigenvalue weighted by Crippen LogP contribution is 2.25. The van der Waals surface area contributed by atoms with Gasteiger partial charge in [-0.15, -0.1) is 0 Å². The lowest BCUT2D eigenvalue weighted by atomic mass is 10.3. The molecule has 0 heterocycles. The molecular weight excluding hydrogens is 108 g/mol. The van der Waals surface area contributed by atoms with Crippen LogP contribution in [0.3, 0.4) is 0 Å². The summed E-state index contributed by atoms with van der Waals surface area (Å²) in [5.74, 6) is 0. The van der Waals surface area contributed by atoms with Crippen LogP contribution in [0, 0.1) is 0 Å². The van der Waals surface area contributed by atoms with Gasteiger partial charge < -0.3 is 0 Å². The lowest BCUT2D eigenvalue weighted by Crippen LogP contribution is -1.54. The maximum atomic E-state index is 3.10. The van der Waals surface area contributed by atoms with Crippen molar-refractivity contribution in [1.29, 1.82) is 0 Å². The fourth-order valence-corrected chi connectivity index (χ4v) is 0.557. The summed E-state index contributed by atoms with van der Waals surface area (Å²) in [6, 6.07) is 0. The second-order valence-corrected chi connectivity index (χ2v) is 2.37. The molecule has 0 aromatic carbocycles. The van der Waals surface area contributed by atoms with Crippen LogP contribution in [0.25, 0.3) is 0 Å². The largest absolute Gasteiger partial charge is 0.0747 e. The summed E-state index contributed by atoms with van der Waals surface area (Å²) in [4.78, 5) is 0. The molecule has 9 heavy (non-hydrogen) atoms. The fraction of sp³-hybridized carbons (Fsp3) is 0.556. The second kappa shape index (κ2) is 3.35. The first-order valence-electron chi connectivity index (χ1n) is 3.61. The fourth-order valence-electron chi connectivity index (χ4n) is 0.557. The lowest BCUT2D eigenvalue weighted by Gasteiger charge is -1.73. The van der Waals surface area contributed by atoms with Crippen LogP contribution in [0.4, 0.5) is 0 Å². The predicted octanol–water partition coefficient (Wildman–Crippen LogP) is 2.82. The van der Waals surface area contributed by atoms with Crippen LogP contribution >= 0.6 is 0 Å². The molecule has 1 aliphatic rings. The Balaban J connectivity index is 2.36. The SMILES string of the molecule is CCCC=C=C=C1CC1. The molecule has 1 fully saturated rings. The topological polar surface area (TPSA) is 0 Å². The third-order valence-corrected chi connectivity index (χ3v) is 1.28. The summed E-state index contributed by atoms with van der Waals surface area (Å²) in [7, 11) is 0. The van der Waals surface area contributed by atoms with Crippen molar-refractivity contribution in [1.82, 2.24) is 0 Å². The Kier molecular flexibility index (Phi) is 2.39. The molecule has 0 aromatic heterocycles. The first-order chi connectivity index (χ1) is 4.43. The highest BCUT2D eigenvalue weighted by molar-refractivity contribution is 5.15. The Bertz CT molecular complexity index is 168. The van der Waals surface area contributed by atoms with E-state index in [1.165, 1.54) is 24.8 Å². The first-order valence-corrected chi connectivity index (χ1v) is 3.61. The molecule has 0 atom stereocenters. The van der Waals surface area contributed by atoms with Gasteiger partial charge in [0.2, 0.25) is 0 Å². The molecule has 0 amide bonds. The third kappa shape index (κ3) is 2.98. The molecular formula is C9H12. The number of unbranched alkanes of at least 4 members (excludes halogenated alkanes) is 1. The molecule has 0 aliphatic heterocycles. The number of hydrogen-bond donors (Lipinski definition) is 0. The van der Waals surface area contributed by atoms with Crippen molar-refractivity contribution >= 4 is 0 Å². The lowest BCUT2D eigenvalue weighted by molar-refractivity contribution is 0.960. The van der Waals surface area contributed by atoms with Gasteiger partial charge in [-0.25, -0.2) is 0 Å². The quantitative estimate of drug-likeness (QED) is 0.491. The molecule has 0 aromatic rings.